The molecule has 0 aliphatic rings. The van der Waals surface area contributed by atoms with Gasteiger partial charge in [0, 0.05) is 18.4 Å². The molecule has 0 aliphatic heterocycles. The molecule has 0 saturated carbocycles. The molecule has 0 saturated heterocycles. The van der Waals surface area contributed by atoms with Gasteiger partial charge in [0.05, 0.1) is 23.5 Å². The van der Waals surface area contributed by atoms with Gasteiger partial charge in [-0.05, 0) is 48.9 Å². The highest BCUT2D eigenvalue weighted by Crippen LogP contribution is 2.19. The molecular weight excluding hydrogens is 466 g/mol. The van der Waals surface area contributed by atoms with Crippen molar-refractivity contribution in [1.82, 2.24) is 19.9 Å². The molecule has 35 heavy (non-hydrogen) atoms. The van der Waals surface area contributed by atoms with Gasteiger partial charge in [0.15, 0.2) is 10.8 Å². The van der Waals surface area contributed by atoms with E-state index in [1.165, 1.54) is 11.8 Å². The fourth-order valence-corrected chi connectivity index (χ4v) is 3.93. The minimum atomic E-state index is -0.410. The van der Waals surface area contributed by atoms with Crippen LogP contribution in [-0.2, 0) is 16.1 Å². The molecule has 0 atom stereocenters. The van der Waals surface area contributed by atoms with Crippen LogP contribution < -0.4 is 10.6 Å². The van der Waals surface area contributed by atoms with Crippen LogP contribution in [0.2, 0.25) is 0 Å². The van der Waals surface area contributed by atoms with Crippen LogP contribution in [0.15, 0.2) is 78.1 Å². The van der Waals surface area contributed by atoms with Gasteiger partial charge in [0.25, 0.3) is 5.91 Å². The van der Waals surface area contributed by atoms with Crippen molar-refractivity contribution in [1.29, 1.82) is 0 Å². The highest BCUT2D eigenvalue weighted by Gasteiger charge is 2.13. The molecule has 178 valence electrons. The standard InChI is InChI=1S/C25H23N5O4S/c1-2-34-24(33)18-8-11-20(12-9-18)27-22(31)16-35-25-29-28-21-13-10-19(15-30(21)25)23(32)26-14-17-6-4-3-5-7-17/h3-13,15H,2,14,16H2,1H3,(H,26,32)(H,27,31). The molecular formula is C25H23N5O4S. The number of thioether (sulfide) groups is 1. The molecule has 2 heterocycles. The highest BCUT2D eigenvalue weighted by atomic mass is 32.2. The Bertz CT molecular complexity index is 1340. The van der Waals surface area contributed by atoms with Gasteiger partial charge in [-0.15, -0.1) is 10.2 Å². The lowest BCUT2D eigenvalue weighted by Gasteiger charge is -2.07. The predicted molar refractivity (Wildman–Crippen MR) is 132 cm³/mol. The third kappa shape index (κ3) is 6.24. The van der Waals surface area contributed by atoms with E-state index >= 15 is 0 Å². The Labute approximate surface area is 205 Å². The zero-order chi connectivity index (χ0) is 24.6. The number of fused-ring (bicyclic) bond motifs is 1. The number of anilines is 1. The number of ether oxygens (including phenoxy) is 1. The van der Waals surface area contributed by atoms with Crippen LogP contribution in [0.3, 0.4) is 0 Å². The minimum absolute atomic E-state index is 0.0881. The zero-order valence-electron chi connectivity index (χ0n) is 18.9. The van der Waals surface area contributed by atoms with Gasteiger partial charge in [-0.25, -0.2) is 4.79 Å². The van der Waals surface area contributed by atoms with E-state index in [0.29, 0.717) is 40.8 Å². The maximum absolute atomic E-state index is 12.6. The summed E-state index contributed by atoms with van der Waals surface area (Å²) in [6.07, 6.45) is 1.66. The maximum atomic E-state index is 12.6. The SMILES string of the molecule is CCOC(=O)c1ccc(NC(=O)CSc2nnc3ccc(C(=O)NCc4ccccc4)cn23)cc1. The third-order valence-electron chi connectivity index (χ3n) is 4.94. The summed E-state index contributed by atoms with van der Waals surface area (Å²) in [5, 5.41) is 14.4. The monoisotopic (exact) mass is 489 g/mol. The summed E-state index contributed by atoms with van der Waals surface area (Å²) in [5.41, 5.74) is 3.01. The number of hydrogen-bond donors (Lipinski definition) is 2. The van der Waals surface area contributed by atoms with Gasteiger partial charge in [0.1, 0.15) is 0 Å². The Morgan fingerprint density at radius 1 is 0.943 bits per heavy atom. The summed E-state index contributed by atoms with van der Waals surface area (Å²) >= 11 is 1.20. The second-order valence-electron chi connectivity index (χ2n) is 7.43. The Morgan fingerprint density at radius 2 is 1.69 bits per heavy atom. The second kappa shape index (κ2) is 11.3. The lowest BCUT2D eigenvalue weighted by Crippen LogP contribution is -2.23. The normalized spacial score (nSPS) is 10.7. The Hall–Kier alpha value is -4.18. The summed E-state index contributed by atoms with van der Waals surface area (Å²) in [6.45, 7) is 2.46. The average molecular weight is 490 g/mol. The first-order chi connectivity index (χ1) is 17.0. The Morgan fingerprint density at radius 3 is 2.43 bits per heavy atom. The molecule has 0 spiro atoms. The van der Waals surface area contributed by atoms with Crippen molar-refractivity contribution in [2.75, 3.05) is 17.7 Å². The number of benzene rings is 2. The number of nitrogens with one attached hydrogen (secondary N) is 2. The lowest BCUT2D eigenvalue weighted by molar-refractivity contribution is -0.113. The van der Waals surface area contributed by atoms with Gasteiger partial charge >= 0.3 is 5.97 Å². The fraction of sp³-hybridized carbons (Fsp3) is 0.160. The molecule has 2 aromatic heterocycles. The quantitative estimate of drug-likeness (QED) is 0.273. The maximum Gasteiger partial charge on any atom is 0.338 e. The van der Waals surface area contributed by atoms with Gasteiger partial charge in [-0.1, -0.05) is 42.1 Å². The molecule has 2 aromatic carbocycles. The Balaban J connectivity index is 1.35. The number of pyridine rings is 1. The number of rotatable bonds is 9. The smallest absolute Gasteiger partial charge is 0.338 e. The molecule has 4 aromatic rings. The zero-order valence-corrected chi connectivity index (χ0v) is 19.7. The minimum Gasteiger partial charge on any atom is -0.462 e. The lowest BCUT2D eigenvalue weighted by atomic mass is 10.2. The van der Waals surface area contributed by atoms with E-state index < -0.39 is 5.97 Å². The second-order valence-corrected chi connectivity index (χ2v) is 8.37. The summed E-state index contributed by atoms with van der Waals surface area (Å²) in [6, 6.07) is 19.5. The molecule has 0 bridgehead atoms. The van der Waals surface area contributed by atoms with E-state index in [0.717, 1.165) is 5.56 Å². The summed E-state index contributed by atoms with van der Waals surface area (Å²) in [7, 11) is 0. The number of aromatic nitrogens is 3. The van der Waals surface area contributed by atoms with Gasteiger partial charge < -0.3 is 15.4 Å². The molecule has 0 fully saturated rings. The number of hydrogen-bond acceptors (Lipinski definition) is 7. The predicted octanol–water partition coefficient (Wildman–Crippen LogP) is 3.57. The van der Waals surface area contributed by atoms with E-state index in [1.54, 1.807) is 53.9 Å². The molecule has 2 N–H and O–H groups in total. The van der Waals surface area contributed by atoms with E-state index in [-0.39, 0.29) is 17.6 Å². The molecule has 10 heteroatoms. The number of esters is 1. The van der Waals surface area contributed by atoms with E-state index in [4.69, 9.17) is 4.74 Å². The van der Waals surface area contributed by atoms with Crippen LogP contribution in [0.1, 0.15) is 33.2 Å². The van der Waals surface area contributed by atoms with Crippen LogP contribution in [0, 0.1) is 0 Å². The van der Waals surface area contributed by atoms with Crippen molar-refractivity contribution in [2.45, 2.75) is 18.6 Å². The van der Waals surface area contributed by atoms with Crippen LogP contribution >= 0.6 is 11.8 Å². The fourth-order valence-electron chi connectivity index (χ4n) is 3.21. The van der Waals surface area contributed by atoms with Crippen LogP contribution in [0.5, 0.6) is 0 Å². The molecule has 0 unspecified atom stereocenters. The number of carbonyl (C=O) groups is 3. The van der Waals surface area contributed by atoms with Crippen molar-refractivity contribution >= 4 is 40.9 Å². The number of nitrogens with zero attached hydrogens (tertiary/aromatic N) is 3. The molecule has 9 nitrogen and oxygen atoms in total. The topological polar surface area (TPSA) is 115 Å². The van der Waals surface area contributed by atoms with Crippen molar-refractivity contribution in [3.63, 3.8) is 0 Å². The van der Waals surface area contributed by atoms with Crippen molar-refractivity contribution in [2.24, 2.45) is 0 Å². The van der Waals surface area contributed by atoms with Crippen molar-refractivity contribution in [3.05, 3.63) is 89.6 Å². The summed E-state index contributed by atoms with van der Waals surface area (Å²) in [4.78, 5) is 36.8. The van der Waals surface area contributed by atoms with E-state index in [1.807, 2.05) is 30.3 Å². The highest BCUT2D eigenvalue weighted by molar-refractivity contribution is 7.99. The first kappa shape index (κ1) is 24.0. The van der Waals surface area contributed by atoms with Crippen molar-refractivity contribution < 1.29 is 19.1 Å². The largest absolute Gasteiger partial charge is 0.462 e. The first-order valence-corrected chi connectivity index (χ1v) is 11.9. The van der Waals surface area contributed by atoms with Crippen molar-refractivity contribution in [3.8, 4) is 0 Å². The summed E-state index contributed by atoms with van der Waals surface area (Å²) in [5.74, 6) is -0.783. The van der Waals surface area contributed by atoms with Gasteiger partial charge in [-0.2, -0.15) is 0 Å². The van der Waals surface area contributed by atoms with Gasteiger partial charge in [-0.3, -0.25) is 14.0 Å². The Kier molecular flexibility index (Phi) is 7.74. The number of carbonyl (C=O) groups excluding carboxylic acids is 3. The molecule has 4 rings (SSSR count). The number of amides is 2. The average Bonchev–Trinajstić information content (AvgIpc) is 3.29. The van der Waals surface area contributed by atoms with E-state index in [9.17, 15) is 14.4 Å². The third-order valence-corrected chi connectivity index (χ3v) is 5.88. The first-order valence-electron chi connectivity index (χ1n) is 10.9. The molecule has 0 radical (unpaired) electrons. The van der Waals surface area contributed by atoms with E-state index in [2.05, 4.69) is 20.8 Å². The molecule has 2 amide bonds. The summed E-state index contributed by atoms with van der Waals surface area (Å²) < 4.78 is 6.64. The van der Waals surface area contributed by atoms with Gasteiger partial charge in [0.2, 0.25) is 5.91 Å². The van der Waals surface area contributed by atoms with Crippen LogP contribution in [-0.4, -0.2) is 44.7 Å². The van der Waals surface area contributed by atoms with Crippen LogP contribution in [0.25, 0.3) is 5.65 Å². The van der Waals surface area contributed by atoms with Crippen LogP contribution in [0.4, 0.5) is 5.69 Å². The molecule has 0 aliphatic carbocycles.